The highest BCUT2D eigenvalue weighted by molar-refractivity contribution is 7.92. The number of anilines is 1. The van der Waals surface area contributed by atoms with Gasteiger partial charge in [-0.25, -0.2) is 8.42 Å². The molecule has 5 nitrogen and oxygen atoms in total. The number of methoxy groups -OCH3 is 1. The maximum Gasteiger partial charge on any atom is 0.326 e. The van der Waals surface area contributed by atoms with Crippen molar-refractivity contribution in [1.82, 2.24) is 0 Å². The van der Waals surface area contributed by atoms with Gasteiger partial charge in [0.25, 0.3) is 10.0 Å². The van der Waals surface area contributed by atoms with Crippen molar-refractivity contribution in [3.05, 3.63) is 58.6 Å². The van der Waals surface area contributed by atoms with E-state index in [2.05, 4.69) is 4.74 Å². The van der Waals surface area contributed by atoms with Crippen LogP contribution >= 0.6 is 11.6 Å². The van der Waals surface area contributed by atoms with Crippen LogP contribution in [0.3, 0.4) is 0 Å². The number of hydrogen-bond acceptors (Lipinski definition) is 4. The van der Waals surface area contributed by atoms with Gasteiger partial charge in [-0.2, -0.15) is 0 Å². The van der Waals surface area contributed by atoms with Gasteiger partial charge in [0.2, 0.25) is 0 Å². The lowest BCUT2D eigenvalue weighted by atomic mass is 10.1. The van der Waals surface area contributed by atoms with Crippen molar-refractivity contribution >= 4 is 33.3 Å². The maximum atomic E-state index is 13.0. The zero-order valence-electron chi connectivity index (χ0n) is 13.6. The first-order chi connectivity index (χ1) is 11.3. The second-order valence-electron chi connectivity index (χ2n) is 5.33. The van der Waals surface area contributed by atoms with Crippen molar-refractivity contribution in [2.75, 3.05) is 18.0 Å². The summed E-state index contributed by atoms with van der Waals surface area (Å²) < 4.78 is 31.8. The van der Waals surface area contributed by atoms with E-state index in [0.29, 0.717) is 10.7 Å². The number of halogens is 1. The molecule has 2 aromatic carbocycles. The molecule has 128 valence electrons. The number of benzene rings is 2. The van der Waals surface area contributed by atoms with E-state index >= 15 is 0 Å². The van der Waals surface area contributed by atoms with Crippen LogP contribution in [0.1, 0.15) is 11.1 Å². The molecule has 0 bridgehead atoms. The Balaban J connectivity index is 2.59. The molecule has 2 aromatic rings. The van der Waals surface area contributed by atoms with Gasteiger partial charge in [0.15, 0.2) is 0 Å². The molecule has 0 heterocycles. The van der Waals surface area contributed by atoms with E-state index in [4.69, 9.17) is 11.6 Å². The van der Waals surface area contributed by atoms with Crippen LogP contribution in [0.15, 0.2) is 47.4 Å². The maximum absolute atomic E-state index is 13.0. The molecular weight excluding hydrogens is 350 g/mol. The van der Waals surface area contributed by atoms with Gasteiger partial charge in [-0.3, -0.25) is 9.10 Å². The first-order valence-electron chi connectivity index (χ1n) is 7.18. The van der Waals surface area contributed by atoms with E-state index in [0.717, 1.165) is 15.4 Å². The molecule has 0 atom stereocenters. The number of aryl methyl sites for hydroxylation is 2. The fourth-order valence-electron chi connectivity index (χ4n) is 2.20. The van der Waals surface area contributed by atoms with E-state index < -0.39 is 22.5 Å². The van der Waals surface area contributed by atoms with Crippen molar-refractivity contribution in [3.63, 3.8) is 0 Å². The van der Waals surface area contributed by atoms with Gasteiger partial charge >= 0.3 is 5.97 Å². The van der Waals surface area contributed by atoms with Crippen molar-refractivity contribution in [2.24, 2.45) is 0 Å². The fourth-order valence-corrected chi connectivity index (χ4v) is 3.79. The third-order valence-electron chi connectivity index (χ3n) is 3.54. The molecule has 0 fully saturated rings. The zero-order valence-corrected chi connectivity index (χ0v) is 15.2. The van der Waals surface area contributed by atoms with Crippen LogP contribution in [-0.2, 0) is 19.6 Å². The highest BCUT2D eigenvalue weighted by Gasteiger charge is 2.28. The van der Waals surface area contributed by atoms with Gasteiger partial charge < -0.3 is 4.74 Å². The van der Waals surface area contributed by atoms with Crippen molar-refractivity contribution in [1.29, 1.82) is 0 Å². The number of ether oxygens (including phenoxy) is 1. The minimum absolute atomic E-state index is 0.0525. The molecule has 0 aliphatic rings. The Morgan fingerprint density at radius 1 is 1.12 bits per heavy atom. The number of nitrogens with zero attached hydrogens (tertiary/aromatic N) is 1. The highest BCUT2D eigenvalue weighted by atomic mass is 35.5. The Morgan fingerprint density at radius 3 is 2.33 bits per heavy atom. The molecule has 0 unspecified atom stereocenters. The third kappa shape index (κ3) is 3.88. The number of carbonyl (C=O) groups is 1. The van der Waals surface area contributed by atoms with Crippen LogP contribution in [0.5, 0.6) is 0 Å². The van der Waals surface area contributed by atoms with Gasteiger partial charge in [0.1, 0.15) is 6.54 Å². The minimum Gasteiger partial charge on any atom is -0.468 e. The number of rotatable bonds is 5. The largest absolute Gasteiger partial charge is 0.468 e. The van der Waals surface area contributed by atoms with Crippen LogP contribution in [0.25, 0.3) is 0 Å². The molecule has 0 aromatic heterocycles. The summed E-state index contributed by atoms with van der Waals surface area (Å²) in [6, 6.07) is 11.2. The zero-order chi connectivity index (χ0) is 17.9. The van der Waals surface area contributed by atoms with Crippen LogP contribution in [-0.4, -0.2) is 28.0 Å². The standard InChI is InChI=1S/C17H18ClNO4S/c1-12-4-5-13(2)16(10-12)19(11-17(20)23-3)24(21,22)15-8-6-14(18)7-9-15/h4-10H,11H2,1-3H3. The molecule has 0 aliphatic heterocycles. The van der Waals surface area contributed by atoms with E-state index in [9.17, 15) is 13.2 Å². The number of esters is 1. The van der Waals surface area contributed by atoms with E-state index in [1.807, 2.05) is 19.1 Å². The average molecular weight is 368 g/mol. The highest BCUT2D eigenvalue weighted by Crippen LogP contribution is 2.28. The Labute approximate surface area is 146 Å². The molecule has 0 N–H and O–H groups in total. The number of sulfonamides is 1. The van der Waals surface area contributed by atoms with Crippen molar-refractivity contribution < 1.29 is 17.9 Å². The van der Waals surface area contributed by atoms with E-state index in [-0.39, 0.29) is 4.90 Å². The molecule has 24 heavy (non-hydrogen) atoms. The second-order valence-corrected chi connectivity index (χ2v) is 7.63. The average Bonchev–Trinajstić information content (AvgIpc) is 2.55. The van der Waals surface area contributed by atoms with Crippen molar-refractivity contribution in [3.8, 4) is 0 Å². The first kappa shape index (κ1) is 18.3. The Hall–Kier alpha value is -2.05. The second kappa shape index (κ2) is 7.23. The Morgan fingerprint density at radius 2 is 1.75 bits per heavy atom. The number of carbonyl (C=O) groups excluding carboxylic acids is 1. The predicted molar refractivity (Wildman–Crippen MR) is 93.9 cm³/mol. The SMILES string of the molecule is COC(=O)CN(c1cc(C)ccc1C)S(=O)(=O)c1ccc(Cl)cc1. The first-order valence-corrected chi connectivity index (χ1v) is 9.00. The van der Waals surface area contributed by atoms with Crippen LogP contribution < -0.4 is 4.31 Å². The monoisotopic (exact) mass is 367 g/mol. The summed E-state index contributed by atoms with van der Waals surface area (Å²) in [5, 5.41) is 0.431. The molecule has 2 rings (SSSR count). The van der Waals surface area contributed by atoms with Gasteiger partial charge in [0.05, 0.1) is 17.7 Å². The molecule has 0 saturated carbocycles. The summed E-state index contributed by atoms with van der Waals surface area (Å²) in [6.45, 7) is 3.23. The third-order valence-corrected chi connectivity index (χ3v) is 5.56. The van der Waals surface area contributed by atoms with Gasteiger partial charge in [-0.15, -0.1) is 0 Å². The van der Waals surface area contributed by atoms with Crippen LogP contribution in [0.4, 0.5) is 5.69 Å². The summed E-state index contributed by atoms with van der Waals surface area (Å²) in [7, 11) is -2.72. The molecule has 7 heteroatoms. The topological polar surface area (TPSA) is 63.7 Å². The number of hydrogen-bond donors (Lipinski definition) is 0. The summed E-state index contributed by atoms with van der Waals surface area (Å²) in [5.41, 5.74) is 2.06. The Kier molecular flexibility index (Phi) is 5.51. The predicted octanol–water partition coefficient (Wildman–Crippen LogP) is 3.33. The minimum atomic E-state index is -3.94. The molecule has 0 aliphatic carbocycles. The Bertz CT molecular complexity index is 847. The molecule has 0 amide bonds. The van der Waals surface area contributed by atoms with Crippen LogP contribution in [0.2, 0.25) is 5.02 Å². The van der Waals surface area contributed by atoms with Crippen LogP contribution in [0, 0.1) is 13.8 Å². The van der Waals surface area contributed by atoms with Gasteiger partial charge in [-0.05, 0) is 55.3 Å². The normalized spacial score (nSPS) is 11.2. The smallest absolute Gasteiger partial charge is 0.326 e. The van der Waals surface area contributed by atoms with E-state index in [1.165, 1.54) is 31.4 Å². The van der Waals surface area contributed by atoms with Gasteiger partial charge in [0, 0.05) is 5.02 Å². The summed E-state index contributed by atoms with van der Waals surface area (Å²) >= 11 is 5.83. The summed E-state index contributed by atoms with van der Waals surface area (Å²) in [6.07, 6.45) is 0. The van der Waals surface area contributed by atoms with E-state index in [1.54, 1.807) is 13.0 Å². The summed E-state index contributed by atoms with van der Waals surface area (Å²) in [4.78, 5) is 11.8. The molecular formula is C17H18ClNO4S. The lowest BCUT2D eigenvalue weighted by Gasteiger charge is -2.25. The van der Waals surface area contributed by atoms with Gasteiger partial charge in [-0.1, -0.05) is 23.7 Å². The molecule has 0 spiro atoms. The molecule has 0 saturated heterocycles. The summed E-state index contributed by atoms with van der Waals surface area (Å²) in [5.74, 6) is -0.645. The lowest BCUT2D eigenvalue weighted by Crippen LogP contribution is -2.36. The fraction of sp³-hybridized carbons (Fsp3) is 0.235. The van der Waals surface area contributed by atoms with Crippen molar-refractivity contribution in [2.45, 2.75) is 18.7 Å². The molecule has 0 radical (unpaired) electrons. The lowest BCUT2D eigenvalue weighted by molar-refractivity contribution is -0.138. The quantitative estimate of drug-likeness (QED) is 0.760.